The topological polar surface area (TPSA) is 112 Å². The number of fused-ring (bicyclic) bond motifs is 1. The molecular formula is C28H33ClN6O3. The lowest BCUT2D eigenvalue weighted by atomic mass is 9.91. The van der Waals surface area contributed by atoms with E-state index in [1.54, 1.807) is 11.1 Å². The maximum absolute atomic E-state index is 12.5. The number of para-hydroxylation sites is 1. The third kappa shape index (κ3) is 6.10. The molecule has 2 fully saturated rings. The Morgan fingerprint density at radius 2 is 1.97 bits per heavy atom. The first-order chi connectivity index (χ1) is 18.5. The number of carbonyl (C=O) groups is 2. The van der Waals surface area contributed by atoms with Gasteiger partial charge in [-0.2, -0.15) is 0 Å². The van der Waals surface area contributed by atoms with Crippen molar-refractivity contribution in [2.75, 3.05) is 25.0 Å². The fraction of sp³-hybridized carbons (Fsp3) is 0.429. The molecule has 2 atom stereocenters. The number of H-pyrrole nitrogens is 1. The van der Waals surface area contributed by atoms with Gasteiger partial charge in [0.1, 0.15) is 0 Å². The van der Waals surface area contributed by atoms with Crippen LogP contribution < -0.4 is 10.6 Å². The van der Waals surface area contributed by atoms with E-state index in [0.29, 0.717) is 36.4 Å². The van der Waals surface area contributed by atoms with Crippen LogP contribution >= 0.6 is 11.6 Å². The van der Waals surface area contributed by atoms with Gasteiger partial charge in [-0.25, -0.2) is 14.8 Å². The number of piperidine rings is 1. The van der Waals surface area contributed by atoms with Crippen LogP contribution in [0.5, 0.6) is 0 Å². The van der Waals surface area contributed by atoms with Crippen LogP contribution in [0.4, 0.5) is 10.7 Å². The molecule has 3 heterocycles. The van der Waals surface area contributed by atoms with Gasteiger partial charge in [0.15, 0.2) is 0 Å². The van der Waals surface area contributed by atoms with Crippen molar-refractivity contribution in [3.8, 4) is 11.3 Å². The van der Waals surface area contributed by atoms with Crippen LogP contribution in [-0.2, 0) is 9.53 Å². The van der Waals surface area contributed by atoms with Crippen molar-refractivity contribution in [1.82, 2.24) is 25.2 Å². The molecule has 0 spiro atoms. The third-order valence-corrected chi connectivity index (χ3v) is 7.75. The Bertz CT molecular complexity index is 1300. The number of likely N-dealkylation sites (tertiary alicyclic amines) is 1. The number of nitrogens with one attached hydrogen (secondary N) is 3. The minimum absolute atomic E-state index is 0.0150. The van der Waals surface area contributed by atoms with Crippen molar-refractivity contribution in [1.29, 1.82) is 0 Å². The predicted octanol–water partition coefficient (Wildman–Crippen LogP) is 5.15. The zero-order valence-corrected chi connectivity index (χ0v) is 22.0. The summed E-state index contributed by atoms with van der Waals surface area (Å²) in [5.74, 6) is 0.744. The van der Waals surface area contributed by atoms with Gasteiger partial charge in [-0.1, -0.05) is 36.4 Å². The summed E-state index contributed by atoms with van der Waals surface area (Å²) in [4.78, 5) is 38.4. The second kappa shape index (κ2) is 11.9. The Balaban J connectivity index is 1.12. The average molecular weight is 537 g/mol. The van der Waals surface area contributed by atoms with Crippen LogP contribution in [0.25, 0.3) is 22.2 Å². The number of nitrogens with zero attached hydrogens (tertiary/aromatic N) is 3. The second-order valence-corrected chi connectivity index (χ2v) is 10.5. The summed E-state index contributed by atoms with van der Waals surface area (Å²) in [5, 5.41) is 8.01. The number of halogens is 1. The molecule has 9 nitrogen and oxygen atoms in total. The molecule has 200 valence electrons. The van der Waals surface area contributed by atoms with Gasteiger partial charge in [0.2, 0.25) is 11.9 Å². The van der Waals surface area contributed by atoms with E-state index in [-0.39, 0.29) is 30.0 Å². The van der Waals surface area contributed by atoms with Gasteiger partial charge < -0.3 is 25.3 Å². The molecule has 0 radical (unpaired) electrons. The zero-order chi connectivity index (χ0) is 26.5. The molecule has 1 aliphatic heterocycles. The first kappa shape index (κ1) is 26.0. The quantitative estimate of drug-likeness (QED) is 0.360. The van der Waals surface area contributed by atoms with Crippen molar-refractivity contribution in [2.45, 2.75) is 50.6 Å². The van der Waals surface area contributed by atoms with Gasteiger partial charge in [0, 0.05) is 47.8 Å². The van der Waals surface area contributed by atoms with Gasteiger partial charge in [0.25, 0.3) is 0 Å². The van der Waals surface area contributed by atoms with Crippen LogP contribution in [0.1, 0.15) is 38.5 Å². The summed E-state index contributed by atoms with van der Waals surface area (Å²) in [6.45, 7) is 5.25. The molecular weight excluding hydrogens is 504 g/mol. The van der Waals surface area contributed by atoms with Gasteiger partial charge in [-0.05, 0) is 56.6 Å². The van der Waals surface area contributed by atoms with Crippen molar-refractivity contribution in [3.63, 3.8) is 0 Å². The highest BCUT2D eigenvalue weighted by molar-refractivity contribution is 6.33. The molecule has 3 N–H and O–H groups in total. The second-order valence-electron chi connectivity index (χ2n) is 10.1. The summed E-state index contributed by atoms with van der Waals surface area (Å²) in [6, 6.07) is 8.16. The molecule has 5 rings (SSSR count). The minimum atomic E-state index is -0.385. The number of rotatable bonds is 7. The van der Waals surface area contributed by atoms with E-state index in [2.05, 4.69) is 27.2 Å². The molecule has 0 bridgehead atoms. The van der Waals surface area contributed by atoms with E-state index in [1.807, 2.05) is 30.5 Å². The highest BCUT2D eigenvalue weighted by atomic mass is 35.5. The Kier molecular flexibility index (Phi) is 8.12. The Hall–Kier alpha value is -3.59. The number of amides is 2. The average Bonchev–Trinajstić information content (AvgIpc) is 3.37. The number of hydrogen-bond acceptors (Lipinski definition) is 6. The maximum Gasteiger partial charge on any atom is 0.407 e. The number of aromatic nitrogens is 3. The number of ether oxygens (including phenoxy) is 1. The first-order valence-corrected chi connectivity index (χ1v) is 13.6. The standard InChI is InChI=1S/C28H33ClN6O3/c1-2-25(36)35-12-10-18(11-13-35)17-38-28(37)33-20-7-5-6-19(14-20)32-27-31-16-23(29)26(34-27)22-15-30-24-9-4-3-8-21(22)24/h2-4,8-9,15-16,18-20,30H,1,5-7,10-14,17H2,(H,33,37)(H,31,32,34)/t19-,20+/m1/s1. The van der Waals surface area contributed by atoms with Crippen LogP contribution in [0.3, 0.4) is 0 Å². The molecule has 3 aromatic rings. The van der Waals surface area contributed by atoms with E-state index in [1.165, 1.54) is 6.08 Å². The molecule has 0 unspecified atom stereocenters. The zero-order valence-electron chi connectivity index (χ0n) is 21.3. The fourth-order valence-corrected chi connectivity index (χ4v) is 5.57. The van der Waals surface area contributed by atoms with Gasteiger partial charge in [0.05, 0.1) is 23.5 Å². The van der Waals surface area contributed by atoms with Crippen molar-refractivity contribution >= 4 is 40.5 Å². The van der Waals surface area contributed by atoms with E-state index in [0.717, 1.165) is 55.0 Å². The molecule has 1 aromatic carbocycles. The van der Waals surface area contributed by atoms with Crippen molar-refractivity contribution in [2.24, 2.45) is 5.92 Å². The Labute approximate surface area is 227 Å². The van der Waals surface area contributed by atoms with E-state index < -0.39 is 0 Å². The van der Waals surface area contributed by atoms with Gasteiger partial charge in [-0.15, -0.1) is 0 Å². The lowest BCUT2D eigenvalue weighted by Gasteiger charge is -2.32. The summed E-state index contributed by atoms with van der Waals surface area (Å²) >= 11 is 6.48. The largest absolute Gasteiger partial charge is 0.449 e. The van der Waals surface area contributed by atoms with Crippen LogP contribution in [0.2, 0.25) is 5.02 Å². The van der Waals surface area contributed by atoms with Crippen LogP contribution in [-0.4, -0.2) is 63.6 Å². The number of alkyl carbamates (subject to hydrolysis) is 1. The number of carbonyl (C=O) groups excluding carboxylic acids is 2. The smallest absolute Gasteiger partial charge is 0.407 e. The summed E-state index contributed by atoms with van der Waals surface area (Å²) < 4.78 is 5.53. The molecule has 2 aliphatic rings. The first-order valence-electron chi connectivity index (χ1n) is 13.2. The van der Waals surface area contributed by atoms with Gasteiger partial charge in [-0.3, -0.25) is 4.79 Å². The van der Waals surface area contributed by atoms with E-state index >= 15 is 0 Å². The third-order valence-electron chi connectivity index (χ3n) is 7.47. The highest BCUT2D eigenvalue weighted by Gasteiger charge is 2.26. The number of anilines is 1. The lowest BCUT2D eigenvalue weighted by molar-refractivity contribution is -0.127. The summed E-state index contributed by atoms with van der Waals surface area (Å²) in [7, 11) is 0. The Morgan fingerprint density at radius 1 is 1.18 bits per heavy atom. The highest BCUT2D eigenvalue weighted by Crippen LogP contribution is 2.32. The van der Waals surface area contributed by atoms with E-state index in [9.17, 15) is 9.59 Å². The maximum atomic E-state index is 12.5. The number of aromatic amines is 1. The lowest BCUT2D eigenvalue weighted by Crippen LogP contribution is -2.43. The number of benzene rings is 1. The van der Waals surface area contributed by atoms with Crippen molar-refractivity contribution in [3.05, 3.63) is 54.3 Å². The Morgan fingerprint density at radius 3 is 2.79 bits per heavy atom. The van der Waals surface area contributed by atoms with Crippen LogP contribution in [0, 0.1) is 5.92 Å². The molecule has 2 amide bonds. The van der Waals surface area contributed by atoms with Crippen LogP contribution in [0.15, 0.2) is 49.3 Å². The SMILES string of the molecule is C=CC(=O)N1CCC(COC(=O)N[C@H]2CCC[C@@H](Nc3ncc(Cl)c(-c4c[nH]c5ccccc45)n3)C2)CC1. The molecule has 38 heavy (non-hydrogen) atoms. The summed E-state index contributed by atoms with van der Waals surface area (Å²) in [5.41, 5.74) is 2.63. The van der Waals surface area contributed by atoms with Crippen molar-refractivity contribution < 1.29 is 14.3 Å². The van der Waals surface area contributed by atoms with E-state index in [4.69, 9.17) is 21.3 Å². The van der Waals surface area contributed by atoms with Gasteiger partial charge >= 0.3 is 6.09 Å². The molecule has 1 aliphatic carbocycles. The molecule has 1 saturated carbocycles. The molecule has 2 aromatic heterocycles. The number of hydrogen-bond donors (Lipinski definition) is 3. The summed E-state index contributed by atoms with van der Waals surface area (Å²) in [6.07, 6.45) is 9.74. The molecule has 10 heteroatoms. The monoisotopic (exact) mass is 536 g/mol. The fourth-order valence-electron chi connectivity index (χ4n) is 5.38. The normalized spacial score (nSPS) is 20.2. The molecule has 1 saturated heterocycles. The minimum Gasteiger partial charge on any atom is -0.449 e. The predicted molar refractivity (Wildman–Crippen MR) is 148 cm³/mol.